The first kappa shape index (κ1) is 13.5. The minimum atomic E-state index is -0.441. The fraction of sp³-hybridized carbons (Fsp3) is 0.357. The Balaban J connectivity index is 2.01. The third kappa shape index (κ3) is 3.54. The first-order chi connectivity index (χ1) is 9.20. The average molecular weight is 265 g/mol. The molecule has 0 saturated carbocycles. The van der Waals surface area contributed by atoms with E-state index in [1.165, 1.54) is 25.3 Å². The van der Waals surface area contributed by atoms with E-state index in [0.29, 0.717) is 31.9 Å². The zero-order valence-electron chi connectivity index (χ0n) is 10.8. The van der Waals surface area contributed by atoms with Crippen LogP contribution < -0.4 is 4.74 Å². The van der Waals surface area contributed by atoms with Crippen molar-refractivity contribution in [3.63, 3.8) is 0 Å². The van der Waals surface area contributed by atoms with Crippen LogP contribution >= 0.6 is 0 Å². The minimum Gasteiger partial charge on any atom is -0.494 e. The number of halogens is 1. The molecule has 0 unspecified atom stereocenters. The number of methoxy groups -OCH3 is 1. The van der Waals surface area contributed by atoms with E-state index in [1.807, 2.05) is 0 Å². The number of hydrogen-bond donors (Lipinski definition) is 0. The van der Waals surface area contributed by atoms with Crippen LogP contribution in [0, 0.1) is 5.82 Å². The zero-order valence-corrected chi connectivity index (χ0v) is 10.8. The summed E-state index contributed by atoms with van der Waals surface area (Å²) in [6.07, 6.45) is 3.05. The van der Waals surface area contributed by atoms with Crippen LogP contribution in [0.25, 0.3) is 6.08 Å². The third-order valence-electron chi connectivity index (χ3n) is 2.92. The van der Waals surface area contributed by atoms with Crippen molar-refractivity contribution in [1.29, 1.82) is 0 Å². The molecule has 1 heterocycles. The molecule has 0 aliphatic carbocycles. The Morgan fingerprint density at radius 2 is 2.16 bits per heavy atom. The Hall–Kier alpha value is -1.88. The smallest absolute Gasteiger partial charge is 0.246 e. The SMILES string of the molecule is COc1ccc(C=CC(=O)N2CCOCC2)cc1F. The second-order valence-corrected chi connectivity index (χ2v) is 4.16. The van der Waals surface area contributed by atoms with Crippen molar-refractivity contribution < 1.29 is 18.7 Å². The van der Waals surface area contributed by atoms with E-state index >= 15 is 0 Å². The van der Waals surface area contributed by atoms with Crippen LogP contribution in [0.4, 0.5) is 4.39 Å². The van der Waals surface area contributed by atoms with E-state index in [0.717, 1.165) is 0 Å². The van der Waals surface area contributed by atoms with Gasteiger partial charge in [0.05, 0.1) is 20.3 Å². The molecule has 0 N–H and O–H groups in total. The van der Waals surface area contributed by atoms with E-state index in [2.05, 4.69) is 0 Å². The summed E-state index contributed by atoms with van der Waals surface area (Å²) in [7, 11) is 1.41. The van der Waals surface area contributed by atoms with Gasteiger partial charge in [-0.1, -0.05) is 6.07 Å². The third-order valence-corrected chi connectivity index (χ3v) is 2.92. The summed E-state index contributed by atoms with van der Waals surface area (Å²) in [6, 6.07) is 4.57. The number of carbonyl (C=O) groups is 1. The molecule has 1 amide bonds. The van der Waals surface area contributed by atoms with E-state index in [9.17, 15) is 9.18 Å². The van der Waals surface area contributed by atoms with Gasteiger partial charge in [-0.05, 0) is 23.8 Å². The number of amides is 1. The van der Waals surface area contributed by atoms with Gasteiger partial charge in [0.15, 0.2) is 11.6 Å². The summed E-state index contributed by atoms with van der Waals surface area (Å²) in [5.41, 5.74) is 0.625. The van der Waals surface area contributed by atoms with Gasteiger partial charge in [0.1, 0.15) is 0 Å². The largest absolute Gasteiger partial charge is 0.494 e. The quantitative estimate of drug-likeness (QED) is 0.781. The maximum absolute atomic E-state index is 13.5. The monoisotopic (exact) mass is 265 g/mol. The highest BCUT2D eigenvalue weighted by Gasteiger charge is 2.13. The molecule has 1 saturated heterocycles. The lowest BCUT2D eigenvalue weighted by molar-refractivity contribution is -0.129. The fourth-order valence-electron chi connectivity index (χ4n) is 1.84. The molecule has 2 rings (SSSR count). The molecule has 1 fully saturated rings. The van der Waals surface area contributed by atoms with E-state index < -0.39 is 5.82 Å². The topological polar surface area (TPSA) is 38.8 Å². The Morgan fingerprint density at radius 1 is 1.42 bits per heavy atom. The van der Waals surface area contributed by atoms with Crippen molar-refractivity contribution in [1.82, 2.24) is 4.90 Å². The second-order valence-electron chi connectivity index (χ2n) is 4.16. The molecule has 1 aliphatic rings. The van der Waals surface area contributed by atoms with Gasteiger partial charge in [-0.15, -0.1) is 0 Å². The lowest BCUT2D eigenvalue weighted by Gasteiger charge is -2.25. The van der Waals surface area contributed by atoms with Crippen LogP contribution in [0.5, 0.6) is 5.75 Å². The van der Waals surface area contributed by atoms with Crippen LogP contribution in [0.1, 0.15) is 5.56 Å². The van der Waals surface area contributed by atoms with Crippen molar-refractivity contribution in [3.8, 4) is 5.75 Å². The zero-order chi connectivity index (χ0) is 13.7. The average Bonchev–Trinajstić information content (AvgIpc) is 2.46. The fourth-order valence-corrected chi connectivity index (χ4v) is 1.84. The Kier molecular flexibility index (Phi) is 4.52. The number of ether oxygens (including phenoxy) is 2. The van der Waals surface area contributed by atoms with E-state index in [1.54, 1.807) is 17.0 Å². The summed E-state index contributed by atoms with van der Waals surface area (Å²) >= 11 is 0. The van der Waals surface area contributed by atoms with Gasteiger partial charge in [0, 0.05) is 19.2 Å². The molecular formula is C14H16FNO3. The number of morpholine rings is 1. The molecule has 0 aromatic heterocycles. The lowest BCUT2D eigenvalue weighted by Crippen LogP contribution is -2.39. The van der Waals surface area contributed by atoms with Gasteiger partial charge in [-0.25, -0.2) is 4.39 Å². The molecule has 4 nitrogen and oxygen atoms in total. The van der Waals surface area contributed by atoms with Gasteiger partial charge in [0.2, 0.25) is 5.91 Å². The van der Waals surface area contributed by atoms with Gasteiger partial charge < -0.3 is 14.4 Å². The molecule has 0 atom stereocenters. The predicted molar refractivity (Wildman–Crippen MR) is 69.4 cm³/mol. The van der Waals surface area contributed by atoms with Crippen molar-refractivity contribution >= 4 is 12.0 Å². The number of nitrogens with zero attached hydrogens (tertiary/aromatic N) is 1. The van der Waals surface area contributed by atoms with Gasteiger partial charge in [-0.3, -0.25) is 4.79 Å². The highest BCUT2D eigenvalue weighted by Crippen LogP contribution is 2.18. The molecule has 102 valence electrons. The van der Waals surface area contributed by atoms with Gasteiger partial charge in [0.25, 0.3) is 0 Å². The standard InChI is InChI=1S/C14H16FNO3/c1-18-13-4-2-11(10-12(13)15)3-5-14(17)16-6-8-19-9-7-16/h2-5,10H,6-9H2,1H3. The molecule has 0 radical (unpaired) electrons. The molecule has 1 aromatic carbocycles. The number of rotatable bonds is 3. The van der Waals surface area contributed by atoms with Crippen molar-refractivity contribution in [2.75, 3.05) is 33.4 Å². The maximum atomic E-state index is 13.5. The summed E-state index contributed by atoms with van der Waals surface area (Å²) in [5, 5.41) is 0. The first-order valence-electron chi connectivity index (χ1n) is 6.09. The summed E-state index contributed by atoms with van der Waals surface area (Å²) < 4.78 is 23.5. The van der Waals surface area contributed by atoms with E-state index in [4.69, 9.17) is 9.47 Å². The van der Waals surface area contributed by atoms with Crippen LogP contribution in [0.2, 0.25) is 0 Å². The van der Waals surface area contributed by atoms with Crippen LogP contribution in [-0.4, -0.2) is 44.2 Å². The van der Waals surface area contributed by atoms with Crippen molar-refractivity contribution in [2.45, 2.75) is 0 Å². The summed E-state index contributed by atoms with van der Waals surface area (Å²) in [4.78, 5) is 13.6. The maximum Gasteiger partial charge on any atom is 0.246 e. The minimum absolute atomic E-state index is 0.0838. The molecule has 5 heteroatoms. The first-order valence-corrected chi connectivity index (χ1v) is 6.09. The van der Waals surface area contributed by atoms with Crippen molar-refractivity contribution in [3.05, 3.63) is 35.7 Å². The molecule has 1 aliphatic heterocycles. The van der Waals surface area contributed by atoms with Crippen LogP contribution in [0.3, 0.4) is 0 Å². The molecular weight excluding hydrogens is 249 g/mol. The number of carbonyl (C=O) groups excluding carboxylic acids is 1. The second kappa shape index (κ2) is 6.33. The molecule has 19 heavy (non-hydrogen) atoms. The molecule has 0 spiro atoms. The molecule has 0 bridgehead atoms. The number of hydrogen-bond acceptors (Lipinski definition) is 3. The Morgan fingerprint density at radius 3 is 2.79 bits per heavy atom. The molecule has 1 aromatic rings. The highest BCUT2D eigenvalue weighted by molar-refractivity contribution is 5.91. The summed E-state index contributed by atoms with van der Waals surface area (Å²) in [6.45, 7) is 2.33. The Bertz CT molecular complexity index is 482. The lowest BCUT2D eigenvalue weighted by atomic mass is 10.2. The van der Waals surface area contributed by atoms with Gasteiger partial charge in [-0.2, -0.15) is 0 Å². The van der Waals surface area contributed by atoms with Crippen LogP contribution in [-0.2, 0) is 9.53 Å². The Labute approximate surface area is 111 Å². The normalized spacial score (nSPS) is 15.8. The summed E-state index contributed by atoms with van der Waals surface area (Å²) in [5.74, 6) is -0.334. The van der Waals surface area contributed by atoms with E-state index in [-0.39, 0.29) is 11.7 Å². The highest BCUT2D eigenvalue weighted by atomic mass is 19.1. The number of benzene rings is 1. The predicted octanol–water partition coefficient (Wildman–Crippen LogP) is 1.71. The van der Waals surface area contributed by atoms with Gasteiger partial charge >= 0.3 is 0 Å². The van der Waals surface area contributed by atoms with Crippen molar-refractivity contribution in [2.24, 2.45) is 0 Å². The van der Waals surface area contributed by atoms with Crippen LogP contribution in [0.15, 0.2) is 24.3 Å².